The van der Waals surface area contributed by atoms with Crippen molar-refractivity contribution in [3.8, 4) is 17.0 Å². The average Bonchev–Trinajstić information content (AvgIpc) is 3.20. The molecule has 0 aliphatic carbocycles. The first kappa shape index (κ1) is 21.0. The lowest BCUT2D eigenvalue weighted by atomic mass is 10.1. The van der Waals surface area contributed by atoms with Crippen LogP contribution < -0.4 is 15.8 Å². The zero-order valence-corrected chi connectivity index (χ0v) is 17.6. The summed E-state index contributed by atoms with van der Waals surface area (Å²) in [7, 11) is 0. The molecule has 9 nitrogen and oxygen atoms in total. The van der Waals surface area contributed by atoms with Gasteiger partial charge in [0.1, 0.15) is 18.1 Å². The van der Waals surface area contributed by atoms with E-state index >= 15 is 0 Å². The third-order valence-electron chi connectivity index (χ3n) is 4.75. The molecule has 2 amide bonds. The predicted molar refractivity (Wildman–Crippen MR) is 119 cm³/mol. The third-order valence-corrected chi connectivity index (χ3v) is 4.75. The van der Waals surface area contributed by atoms with Crippen molar-refractivity contribution in [2.45, 2.75) is 20.5 Å². The average molecular weight is 430 g/mol. The maximum absolute atomic E-state index is 12.0. The second-order valence-electron chi connectivity index (χ2n) is 7.49. The largest absolute Gasteiger partial charge is 0.489 e. The highest BCUT2D eigenvalue weighted by molar-refractivity contribution is 5.91. The van der Waals surface area contributed by atoms with E-state index in [-0.39, 0.29) is 23.5 Å². The highest BCUT2D eigenvalue weighted by Crippen LogP contribution is 2.24. The molecule has 3 heterocycles. The van der Waals surface area contributed by atoms with Crippen molar-refractivity contribution >= 4 is 23.4 Å². The summed E-state index contributed by atoms with van der Waals surface area (Å²) >= 11 is 0. The molecule has 0 saturated heterocycles. The SMILES string of the molecule is CC(C)C(=O)Nc1nc2cccc(-c3ccc(OCc4ccc(C(N)=O)nc4)cc3)n2n1. The lowest BCUT2D eigenvalue weighted by Gasteiger charge is -2.08. The number of carbonyl (C=O) groups is 2. The van der Waals surface area contributed by atoms with Gasteiger partial charge < -0.3 is 10.5 Å². The van der Waals surface area contributed by atoms with Crippen molar-refractivity contribution in [2.75, 3.05) is 5.32 Å². The minimum absolute atomic E-state index is 0.136. The summed E-state index contributed by atoms with van der Waals surface area (Å²) in [5.74, 6) is 0.0919. The number of aromatic nitrogens is 4. The molecule has 3 aromatic heterocycles. The van der Waals surface area contributed by atoms with Crippen molar-refractivity contribution in [1.29, 1.82) is 0 Å². The van der Waals surface area contributed by atoms with Gasteiger partial charge >= 0.3 is 0 Å². The van der Waals surface area contributed by atoms with Crippen molar-refractivity contribution < 1.29 is 14.3 Å². The smallest absolute Gasteiger partial charge is 0.267 e. The topological polar surface area (TPSA) is 124 Å². The normalized spacial score (nSPS) is 11.0. The lowest BCUT2D eigenvalue weighted by molar-refractivity contribution is -0.118. The van der Waals surface area contributed by atoms with Crippen LogP contribution in [-0.4, -0.2) is 31.4 Å². The Bertz CT molecular complexity index is 1260. The van der Waals surface area contributed by atoms with Gasteiger partial charge in [-0.15, -0.1) is 5.10 Å². The molecule has 4 aromatic rings. The number of anilines is 1. The second kappa shape index (κ2) is 8.84. The van der Waals surface area contributed by atoms with Crippen LogP contribution in [-0.2, 0) is 11.4 Å². The summed E-state index contributed by atoms with van der Waals surface area (Å²) < 4.78 is 7.49. The number of amides is 2. The number of benzene rings is 1. The molecule has 32 heavy (non-hydrogen) atoms. The van der Waals surface area contributed by atoms with Gasteiger partial charge in [-0.25, -0.2) is 4.52 Å². The Kier molecular flexibility index (Phi) is 5.80. The van der Waals surface area contributed by atoms with Gasteiger partial charge in [0.2, 0.25) is 11.9 Å². The summed E-state index contributed by atoms with van der Waals surface area (Å²) in [6.07, 6.45) is 1.57. The van der Waals surface area contributed by atoms with Gasteiger partial charge in [-0.2, -0.15) is 4.98 Å². The van der Waals surface area contributed by atoms with Crippen LogP contribution in [0.5, 0.6) is 5.75 Å². The third kappa shape index (κ3) is 4.56. The molecule has 4 rings (SSSR count). The van der Waals surface area contributed by atoms with Crippen LogP contribution in [0.1, 0.15) is 29.9 Å². The quantitative estimate of drug-likeness (QED) is 0.464. The van der Waals surface area contributed by atoms with Crippen LogP contribution in [0.15, 0.2) is 60.8 Å². The summed E-state index contributed by atoms with van der Waals surface area (Å²) in [4.78, 5) is 31.4. The van der Waals surface area contributed by atoms with Crippen LogP contribution in [0.4, 0.5) is 5.95 Å². The van der Waals surface area contributed by atoms with E-state index in [4.69, 9.17) is 10.5 Å². The molecule has 0 radical (unpaired) electrons. The molecule has 0 fully saturated rings. The second-order valence-corrected chi connectivity index (χ2v) is 7.49. The maximum Gasteiger partial charge on any atom is 0.267 e. The number of nitrogens with zero attached hydrogens (tertiary/aromatic N) is 4. The Morgan fingerprint density at radius 3 is 2.53 bits per heavy atom. The number of nitrogens with one attached hydrogen (secondary N) is 1. The fourth-order valence-electron chi connectivity index (χ4n) is 2.98. The Balaban J connectivity index is 1.49. The number of nitrogens with two attached hydrogens (primary N) is 1. The van der Waals surface area contributed by atoms with Gasteiger partial charge in [-0.1, -0.05) is 26.0 Å². The summed E-state index contributed by atoms with van der Waals surface area (Å²) in [5, 5.41) is 7.16. The molecule has 0 saturated carbocycles. The summed E-state index contributed by atoms with van der Waals surface area (Å²) in [5.41, 5.74) is 8.62. The number of rotatable bonds is 7. The zero-order valence-electron chi connectivity index (χ0n) is 17.6. The van der Waals surface area contributed by atoms with Crippen molar-refractivity contribution in [1.82, 2.24) is 19.6 Å². The summed E-state index contributed by atoms with van der Waals surface area (Å²) in [6, 6.07) is 16.5. The fourth-order valence-corrected chi connectivity index (χ4v) is 2.98. The molecule has 9 heteroatoms. The Morgan fingerprint density at radius 2 is 1.88 bits per heavy atom. The number of carbonyl (C=O) groups excluding carboxylic acids is 2. The standard InChI is InChI=1S/C23H22N6O3/c1-14(2)22(31)27-23-26-20-5-3-4-19(29(20)28-23)16-7-9-17(10-8-16)32-13-15-6-11-18(21(24)30)25-12-15/h3-12,14H,13H2,1-2H3,(H2,24,30)(H,27,28,31). The van der Waals surface area contributed by atoms with Crippen LogP contribution in [0.2, 0.25) is 0 Å². The number of ether oxygens (including phenoxy) is 1. The van der Waals surface area contributed by atoms with E-state index in [1.807, 2.05) is 56.3 Å². The van der Waals surface area contributed by atoms with E-state index in [2.05, 4.69) is 20.4 Å². The number of fused-ring (bicyclic) bond motifs is 1. The van der Waals surface area contributed by atoms with E-state index < -0.39 is 5.91 Å². The van der Waals surface area contributed by atoms with Gasteiger partial charge in [0.15, 0.2) is 5.65 Å². The van der Waals surface area contributed by atoms with Crippen molar-refractivity contribution in [3.05, 3.63) is 72.1 Å². The minimum Gasteiger partial charge on any atom is -0.489 e. The monoisotopic (exact) mass is 430 g/mol. The van der Waals surface area contributed by atoms with Gasteiger partial charge in [-0.05, 0) is 42.5 Å². The van der Waals surface area contributed by atoms with Crippen LogP contribution >= 0.6 is 0 Å². The Morgan fingerprint density at radius 1 is 1.09 bits per heavy atom. The summed E-state index contributed by atoms with van der Waals surface area (Å²) in [6.45, 7) is 3.93. The molecule has 3 N–H and O–H groups in total. The Hall–Kier alpha value is -4.27. The first-order valence-electron chi connectivity index (χ1n) is 10.1. The van der Waals surface area contributed by atoms with Gasteiger partial charge in [0.25, 0.3) is 5.91 Å². The maximum atomic E-state index is 12.0. The van der Waals surface area contributed by atoms with Crippen molar-refractivity contribution in [2.24, 2.45) is 11.7 Å². The van der Waals surface area contributed by atoms with E-state index in [0.29, 0.717) is 18.0 Å². The Labute approximate surface area is 184 Å². The number of hydrogen-bond donors (Lipinski definition) is 2. The fraction of sp³-hybridized carbons (Fsp3) is 0.174. The molecule has 0 bridgehead atoms. The highest BCUT2D eigenvalue weighted by Gasteiger charge is 2.13. The molecule has 0 spiro atoms. The lowest BCUT2D eigenvalue weighted by Crippen LogP contribution is -2.18. The van der Waals surface area contributed by atoms with Crippen LogP contribution in [0.25, 0.3) is 16.9 Å². The molecule has 0 aliphatic rings. The van der Waals surface area contributed by atoms with E-state index in [0.717, 1.165) is 16.8 Å². The zero-order chi connectivity index (χ0) is 22.7. The minimum atomic E-state index is -0.565. The number of pyridine rings is 2. The molecule has 1 aromatic carbocycles. The molecular weight excluding hydrogens is 408 g/mol. The van der Waals surface area contributed by atoms with Crippen LogP contribution in [0, 0.1) is 5.92 Å². The predicted octanol–water partition coefficient (Wildman–Crippen LogP) is 3.06. The van der Waals surface area contributed by atoms with Gasteiger partial charge in [-0.3, -0.25) is 19.9 Å². The van der Waals surface area contributed by atoms with E-state index in [1.54, 1.807) is 22.8 Å². The molecule has 0 unspecified atom stereocenters. The molecule has 0 aliphatic heterocycles. The molecule has 0 atom stereocenters. The first-order chi connectivity index (χ1) is 15.4. The molecule has 162 valence electrons. The number of primary amides is 1. The van der Waals surface area contributed by atoms with Gasteiger partial charge in [0, 0.05) is 23.2 Å². The van der Waals surface area contributed by atoms with Crippen molar-refractivity contribution in [3.63, 3.8) is 0 Å². The van der Waals surface area contributed by atoms with Gasteiger partial charge in [0.05, 0.1) is 5.69 Å². The van der Waals surface area contributed by atoms with E-state index in [9.17, 15) is 9.59 Å². The molecular formula is C23H22N6O3. The van der Waals surface area contributed by atoms with E-state index in [1.165, 1.54) is 0 Å². The number of hydrogen-bond acceptors (Lipinski definition) is 6. The van der Waals surface area contributed by atoms with Crippen LogP contribution in [0.3, 0.4) is 0 Å². The first-order valence-corrected chi connectivity index (χ1v) is 10.1. The highest BCUT2D eigenvalue weighted by atomic mass is 16.5.